The molecular weight excluding hydrogens is 375 g/mol. The second-order valence-corrected chi connectivity index (χ2v) is 7.76. The van der Waals surface area contributed by atoms with Crippen LogP contribution in [0.15, 0.2) is 46.2 Å². The Morgan fingerprint density at radius 2 is 1.86 bits per heavy atom. The van der Waals surface area contributed by atoms with E-state index in [1.165, 1.54) is 6.07 Å². The van der Waals surface area contributed by atoms with Gasteiger partial charge in [0.05, 0.1) is 24.4 Å². The highest BCUT2D eigenvalue weighted by Crippen LogP contribution is 2.48. The van der Waals surface area contributed by atoms with E-state index in [4.69, 9.17) is 4.74 Å². The van der Waals surface area contributed by atoms with Crippen LogP contribution < -0.4 is 4.90 Å². The molecule has 150 valence electrons. The number of hydrogen-bond donors (Lipinski definition) is 0. The maximum Gasteiger partial charge on any atom is 0.310 e. The second-order valence-electron chi connectivity index (χ2n) is 6.68. The number of carbonyl (C=O) groups is 1. The molecule has 0 bridgehead atoms. The van der Waals surface area contributed by atoms with E-state index in [-0.39, 0.29) is 18.2 Å². The number of hydrogen-bond acceptors (Lipinski definition) is 5. The Morgan fingerprint density at radius 1 is 1.07 bits per heavy atom. The maximum absolute atomic E-state index is 13.8. The minimum atomic E-state index is -0.225. The molecule has 1 aliphatic rings. The summed E-state index contributed by atoms with van der Waals surface area (Å²) in [5.41, 5.74) is 3.01. The predicted octanol–water partition coefficient (Wildman–Crippen LogP) is 4.88. The lowest BCUT2D eigenvalue weighted by Gasteiger charge is -2.34. The van der Waals surface area contributed by atoms with Gasteiger partial charge in [-0.15, -0.1) is 0 Å². The number of ether oxygens (including phenoxy) is 1. The summed E-state index contributed by atoms with van der Waals surface area (Å²) in [6, 6.07) is 11.0. The lowest BCUT2D eigenvalue weighted by molar-refractivity contribution is -0.142. The molecular formula is C22H27FN2O2S. The molecule has 0 amide bonds. The van der Waals surface area contributed by atoms with Gasteiger partial charge in [0, 0.05) is 22.9 Å². The number of halogens is 1. The van der Waals surface area contributed by atoms with Crippen molar-refractivity contribution in [3.05, 3.63) is 47.8 Å². The summed E-state index contributed by atoms with van der Waals surface area (Å²) in [6.45, 7) is 10.2. The molecule has 4 nitrogen and oxygen atoms in total. The van der Waals surface area contributed by atoms with E-state index >= 15 is 0 Å². The molecule has 1 aliphatic heterocycles. The fraction of sp³-hybridized carbons (Fsp3) is 0.409. The van der Waals surface area contributed by atoms with Crippen LogP contribution in [0.2, 0.25) is 0 Å². The summed E-state index contributed by atoms with van der Waals surface area (Å²) < 4.78 is 18.9. The molecule has 0 aliphatic carbocycles. The zero-order valence-corrected chi connectivity index (χ0v) is 17.5. The van der Waals surface area contributed by atoms with Crippen molar-refractivity contribution in [2.24, 2.45) is 0 Å². The van der Waals surface area contributed by atoms with Crippen molar-refractivity contribution in [3.63, 3.8) is 0 Å². The second kappa shape index (κ2) is 9.43. The van der Waals surface area contributed by atoms with Crippen molar-refractivity contribution in [3.8, 4) is 0 Å². The van der Waals surface area contributed by atoms with Gasteiger partial charge in [-0.3, -0.25) is 4.79 Å². The smallest absolute Gasteiger partial charge is 0.310 e. The fourth-order valence-electron chi connectivity index (χ4n) is 3.41. The van der Waals surface area contributed by atoms with E-state index in [1.54, 1.807) is 17.8 Å². The monoisotopic (exact) mass is 402 g/mol. The molecule has 6 heteroatoms. The maximum atomic E-state index is 13.8. The number of carbonyl (C=O) groups excluding carboxylic acids is 1. The SMILES string of the molecule is CCOC(=O)Cc1ccc2c(c1)N(CCN(CC)CC)c1ccc(F)cc1S2. The van der Waals surface area contributed by atoms with E-state index < -0.39 is 0 Å². The third-order valence-corrected chi connectivity index (χ3v) is 6.05. The lowest BCUT2D eigenvalue weighted by Crippen LogP contribution is -2.34. The van der Waals surface area contributed by atoms with Crippen LogP contribution in [0.3, 0.4) is 0 Å². The van der Waals surface area contributed by atoms with Gasteiger partial charge in [0.1, 0.15) is 5.82 Å². The number of nitrogens with zero attached hydrogens (tertiary/aromatic N) is 2. The van der Waals surface area contributed by atoms with Crippen LogP contribution in [0.1, 0.15) is 26.3 Å². The predicted molar refractivity (Wildman–Crippen MR) is 112 cm³/mol. The van der Waals surface area contributed by atoms with Gasteiger partial charge in [0.25, 0.3) is 0 Å². The van der Waals surface area contributed by atoms with Gasteiger partial charge in [-0.25, -0.2) is 4.39 Å². The molecule has 2 aromatic carbocycles. The summed E-state index contributed by atoms with van der Waals surface area (Å²) in [5, 5.41) is 0. The Morgan fingerprint density at radius 3 is 2.57 bits per heavy atom. The number of likely N-dealkylation sites (N-methyl/N-ethyl adjacent to an activating group) is 1. The van der Waals surface area contributed by atoms with Crippen LogP contribution in [0.5, 0.6) is 0 Å². The zero-order chi connectivity index (χ0) is 20.1. The Bertz CT molecular complexity index is 839. The standard InChI is InChI=1S/C22H27FN2O2S/c1-4-24(5-2)11-12-25-18-9-8-17(23)15-21(18)28-20-10-7-16(13-19(20)25)14-22(26)27-6-3/h7-10,13,15H,4-6,11-12,14H2,1-3H3. The number of rotatable bonds is 8. The molecule has 2 aromatic rings. The van der Waals surface area contributed by atoms with Crippen molar-refractivity contribution >= 4 is 29.1 Å². The molecule has 0 saturated carbocycles. The van der Waals surface area contributed by atoms with Gasteiger partial charge in [-0.1, -0.05) is 31.7 Å². The normalized spacial score (nSPS) is 12.7. The number of fused-ring (bicyclic) bond motifs is 2. The van der Waals surface area contributed by atoms with E-state index in [9.17, 15) is 9.18 Å². The van der Waals surface area contributed by atoms with Crippen LogP contribution in [0.4, 0.5) is 15.8 Å². The van der Waals surface area contributed by atoms with Crippen molar-refractivity contribution in [1.29, 1.82) is 0 Å². The van der Waals surface area contributed by atoms with Crippen molar-refractivity contribution < 1.29 is 13.9 Å². The van der Waals surface area contributed by atoms with Gasteiger partial charge in [0.15, 0.2) is 0 Å². The minimum absolute atomic E-state index is 0.219. The van der Waals surface area contributed by atoms with Crippen molar-refractivity contribution in [2.45, 2.75) is 37.0 Å². The summed E-state index contributed by atoms with van der Waals surface area (Å²) in [4.78, 5) is 18.5. The van der Waals surface area contributed by atoms with Crippen LogP contribution in [0, 0.1) is 5.82 Å². The lowest BCUT2D eigenvalue weighted by atomic mass is 10.1. The molecule has 0 fully saturated rings. The van der Waals surface area contributed by atoms with Gasteiger partial charge < -0.3 is 14.5 Å². The van der Waals surface area contributed by atoms with Crippen LogP contribution >= 0.6 is 11.8 Å². The summed E-state index contributed by atoms with van der Waals surface area (Å²) >= 11 is 1.57. The Kier molecular flexibility index (Phi) is 6.97. The van der Waals surface area contributed by atoms with Crippen molar-refractivity contribution in [1.82, 2.24) is 4.90 Å². The van der Waals surface area contributed by atoms with Gasteiger partial charge in [-0.05, 0) is 55.9 Å². The molecule has 0 atom stereocenters. The first-order chi connectivity index (χ1) is 13.5. The molecule has 0 N–H and O–H groups in total. The van der Waals surface area contributed by atoms with E-state index in [1.807, 2.05) is 25.1 Å². The Labute approximate surface area is 170 Å². The van der Waals surface area contributed by atoms with Gasteiger partial charge in [-0.2, -0.15) is 0 Å². The van der Waals surface area contributed by atoms with E-state index in [2.05, 4.69) is 29.7 Å². The first-order valence-electron chi connectivity index (χ1n) is 9.81. The summed E-state index contributed by atoms with van der Waals surface area (Å²) in [6.07, 6.45) is 0.256. The summed E-state index contributed by atoms with van der Waals surface area (Å²) in [7, 11) is 0. The first kappa shape index (κ1) is 20.7. The highest BCUT2D eigenvalue weighted by Gasteiger charge is 2.24. The minimum Gasteiger partial charge on any atom is -0.466 e. The Balaban J connectivity index is 1.93. The molecule has 0 aromatic heterocycles. The number of esters is 1. The molecule has 0 radical (unpaired) electrons. The number of anilines is 2. The molecule has 0 spiro atoms. The molecule has 0 unspecified atom stereocenters. The molecule has 3 rings (SSSR count). The largest absolute Gasteiger partial charge is 0.466 e. The molecule has 0 saturated heterocycles. The molecule has 28 heavy (non-hydrogen) atoms. The average molecular weight is 403 g/mol. The highest BCUT2D eigenvalue weighted by atomic mass is 32.2. The topological polar surface area (TPSA) is 32.8 Å². The third-order valence-electron chi connectivity index (χ3n) is 4.93. The van der Waals surface area contributed by atoms with Crippen molar-refractivity contribution in [2.75, 3.05) is 37.7 Å². The third kappa shape index (κ3) is 4.67. The molecule has 1 heterocycles. The zero-order valence-electron chi connectivity index (χ0n) is 16.7. The first-order valence-corrected chi connectivity index (χ1v) is 10.6. The van der Waals surface area contributed by atoms with Crippen LogP contribution in [0.25, 0.3) is 0 Å². The highest BCUT2D eigenvalue weighted by molar-refractivity contribution is 7.99. The van der Waals surface area contributed by atoms with E-state index in [0.29, 0.717) is 6.61 Å². The van der Waals surface area contributed by atoms with Gasteiger partial charge in [0.2, 0.25) is 0 Å². The fourth-order valence-corrected chi connectivity index (χ4v) is 4.51. The van der Waals surface area contributed by atoms with E-state index in [0.717, 1.165) is 52.9 Å². The van der Waals surface area contributed by atoms with Gasteiger partial charge >= 0.3 is 5.97 Å². The number of benzene rings is 2. The Hall–Kier alpha value is -2.05. The quantitative estimate of drug-likeness (QED) is 0.588. The summed E-state index contributed by atoms with van der Waals surface area (Å²) in [5.74, 6) is -0.444. The average Bonchev–Trinajstić information content (AvgIpc) is 2.68. The van der Waals surface area contributed by atoms with Crippen LogP contribution in [-0.4, -0.2) is 43.7 Å². The van der Waals surface area contributed by atoms with Crippen LogP contribution in [-0.2, 0) is 16.0 Å².